The summed E-state index contributed by atoms with van der Waals surface area (Å²) in [6.45, 7) is 0. The van der Waals surface area contributed by atoms with Gasteiger partial charge in [0.2, 0.25) is 5.95 Å². The van der Waals surface area contributed by atoms with E-state index in [9.17, 15) is 0 Å². The first-order valence-electron chi connectivity index (χ1n) is 6.05. The summed E-state index contributed by atoms with van der Waals surface area (Å²) in [4.78, 5) is 4.00. The molecule has 0 fully saturated rings. The number of benzene rings is 1. The normalized spacial score (nSPS) is 10.4. The van der Waals surface area contributed by atoms with E-state index in [0.717, 1.165) is 17.0 Å². The number of nitrogens with two attached hydrogens (primary N) is 1. The molecule has 6 heteroatoms. The molecule has 0 saturated heterocycles. The van der Waals surface area contributed by atoms with Gasteiger partial charge in [0.25, 0.3) is 0 Å². The maximum Gasteiger partial charge on any atom is 0.226 e. The van der Waals surface area contributed by atoms with E-state index in [4.69, 9.17) is 10.5 Å². The van der Waals surface area contributed by atoms with Gasteiger partial charge >= 0.3 is 0 Å². The highest BCUT2D eigenvalue weighted by molar-refractivity contribution is 5.60. The fourth-order valence-electron chi connectivity index (χ4n) is 1.97. The van der Waals surface area contributed by atoms with Gasteiger partial charge in [-0.1, -0.05) is 0 Å². The van der Waals surface area contributed by atoms with Crippen molar-refractivity contribution >= 4 is 5.95 Å². The van der Waals surface area contributed by atoms with E-state index in [1.165, 1.54) is 0 Å². The molecule has 0 spiro atoms. The maximum atomic E-state index is 5.92. The molecule has 0 bridgehead atoms. The molecule has 0 radical (unpaired) electrons. The van der Waals surface area contributed by atoms with Gasteiger partial charge in [0.05, 0.1) is 12.8 Å². The van der Waals surface area contributed by atoms with E-state index in [1.54, 1.807) is 24.1 Å². The van der Waals surface area contributed by atoms with E-state index < -0.39 is 0 Å². The highest BCUT2D eigenvalue weighted by atomic mass is 16.5. The van der Waals surface area contributed by atoms with Crippen molar-refractivity contribution in [3.63, 3.8) is 0 Å². The number of aromatic nitrogens is 4. The number of nitrogens with zero attached hydrogens (tertiary/aromatic N) is 4. The Morgan fingerprint density at radius 1 is 1.00 bits per heavy atom. The summed E-state index contributed by atoms with van der Waals surface area (Å²) in [5.41, 5.74) is 7.70. The van der Waals surface area contributed by atoms with Crippen LogP contribution < -0.4 is 10.5 Å². The molecule has 2 heterocycles. The molecule has 100 valence electrons. The molecule has 0 aliphatic carbocycles. The number of hydrogen-bond acceptors (Lipinski definition) is 5. The van der Waals surface area contributed by atoms with Crippen molar-refractivity contribution in [3.8, 4) is 22.8 Å². The van der Waals surface area contributed by atoms with Gasteiger partial charge < -0.3 is 10.5 Å². The van der Waals surface area contributed by atoms with Crippen LogP contribution >= 0.6 is 0 Å². The third-order valence-electron chi connectivity index (χ3n) is 2.96. The summed E-state index contributed by atoms with van der Waals surface area (Å²) in [6, 6.07) is 11.3. The first-order valence-corrected chi connectivity index (χ1v) is 6.05. The number of rotatable bonds is 3. The molecular weight excluding hydrogens is 254 g/mol. The number of methoxy groups -OCH3 is 1. The van der Waals surface area contributed by atoms with E-state index >= 15 is 0 Å². The molecular formula is C14H13N5O. The van der Waals surface area contributed by atoms with Crippen LogP contribution in [0, 0.1) is 0 Å². The smallest absolute Gasteiger partial charge is 0.226 e. The molecule has 0 amide bonds. The quantitative estimate of drug-likeness (QED) is 0.784. The van der Waals surface area contributed by atoms with Crippen LogP contribution in [0.25, 0.3) is 17.1 Å². The Kier molecular flexibility index (Phi) is 3.04. The molecule has 2 aromatic heterocycles. The predicted octanol–water partition coefficient (Wildman–Crippen LogP) is 1.92. The van der Waals surface area contributed by atoms with Gasteiger partial charge in [-0.25, -0.2) is 0 Å². The molecule has 20 heavy (non-hydrogen) atoms. The van der Waals surface area contributed by atoms with Gasteiger partial charge in [0.1, 0.15) is 5.75 Å². The fourth-order valence-corrected chi connectivity index (χ4v) is 1.97. The van der Waals surface area contributed by atoms with Crippen LogP contribution in [0.2, 0.25) is 0 Å². The van der Waals surface area contributed by atoms with Gasteiger partial charge in [-0.2, -0.15) is 0 Å². The maximum absolute atomic E-state index is 5.92. The highest BCUT2D eigenvalue weighted by Gasteiger charge is 2.13. The van der Waals surface area contributed by atoms with Crippen LogP contribution in [-0.2, 0) is 0 Å². The van der Waals surface area contributed by atoms with Crippen molar-refractivity contribution in [3.05, 3.63) is 48.8 Å². The lowest BCUT2D eigenvalue weighted by atomic mass is 10.2. The standard InChI is InChI=1S/C14H13N5O/c1-20-12-4-2-11(3-5-12)19-13(17-18-14(19)15)10-6-8-16-9-7-10/h2-9H,1H3,(H2,15,18). The van der Waals surface area contributed by atoms with Gasteiger partial charge in [-0.15, -0.1) is 10.2 Å². The largest absolute Gasteiger partial charge is 0.497 e. The SMILES string of the molecule is COc1ccc(-n2c(N)nnc2-c2ccncc2)cc1. The van der Waals surface area contributed by atoms with E-state index in [0.29, 0.717) is 11.8 Å². The molecule has 3 rings (SSSR count). The Labute approximate surface area is 115 Å². The van der Waals surface area contributed by atoms with E-state index in [1.807, 2.05) is 36.4 Å². The van der Waals surface area contributed by atoms with Gasteiger partial charge in [-0.05, 0) is 36.4 Å². The summed E-state index contributed by atoms with van der Waals surface area (Å²) in [5.74, 6) is 1.79. The second-order valence-electron chi connectivity index (χ2n) is 4.15. The molecule has 0 aliphatic rings. The fraction of sp³-hybridized carbons (Fsp3) is 0.0714. The molecule has 1 aromatic carbocycles. The number of anilines is 1. The molecule has 6 nitrogen and oxygen atoms in total. The second kappa shape index (κ2) is 5.00. The topological polar surface area (TPSA) is 78.9 Å². The Morgan fingerprint density at radius 3 is 2.35 bits per heavy atom. The lowest BCUT2D eigenvalue weighted by molar-refractivity contribution is 0.415. The average Bonchev–Trinajstić information content (AvgIpc) is 2.90. The average molecular weight is 267 g/mol. The molecule has 0 aliphatic heterocycles. The van der Waals surface area contributed by atoms with Crippen molar-refractivity contribution < 1.29 is 4.74 Å². The Morgan fingerprint density at radius 2 is 1.70 bits per heavy atom. The zero-order valence-corrected chi connectivity index (χ0v) is 10.9. The predicted molar refractivity (Wildman–Crippen MR) is 75.6 cm³/mol. The third kappa shape index (κ3) is 2.07. The molecule has 0 atom stereocenters. The van der Waals surface area contributed by atoms with Crippen molar-refractivity contribution in [2.75, 3.05) is 12.8 Å². The van der Waals surface area contributed by atoms with Crippen LogP contribution in [0.15, 0.2) is 48.8 Å². The monoisotopic (exact) mass is 267 g/mol. The zero-order chi connectivity index (χ0) is 13.9. The van der Waals surface area contributed by atoms with Crippen LogP contribution in [0.1, 0.15) is 0 Å². The van der Waals surface area contributed by atoms with Crippen molar-refractivity contribution in [2.24, 2.45) is 0 Å². The third-order valence-corrected chi connectivity index (χ3v) is 2.96. The van der Waals surface area contributed by atoms with Crippen LogP contribution in [-0.4, -0.2) is 26.9 Å². The minimum atomic E-state index is 0.335. The number of pyridine rings is 1. The zero-order valence-electron chi connectivity index (χ0n) is 10.9. The summed E-state index contributed by atoms with van der Waals surface area (Å²) in [7, 11) is 1.63. The lowest BCUT2D eigenvalue weighted by Gasteiger charge is -2.09. The van der Waals surface area contributed by atoms with E-state index in [2.05, 4.69) is 15.2 Å². The van der Waals surface area contributed by atoms with Crippen molar-refractivity contribution in [1.82, 2.24) is 19.7 Å². The first kappa shape index (κ1) is 12.2. The minimum absolute atomic E-state index is 0.335. The molecule has 0 saturated carbocycles. The number of hydrogen-bond donors (Lipinski definition) is 1. The lowest BCUT2D eigenvalue weighted by Crippen LogP contribution is -2.02. The van der Waals surface area contributed by atoms with Crippen molar-refractivity contribution in [2.45, 2.75) is 0 Å². The summed E-state index contributed by atoms with van der Waals surface area (Å²) in [5, 5.41) is 8.08. The Bertz CT molecular complexity index is 706. The minimum Gasteiger partial charge on any atom is -0.497 e. The molecule has 3 aromatic rings. The highest BCUT2D eigenvalue weighted by Crippen LogP contribution is 2.24. The molecule has 2 N–H and O–H groups in total. The number of ether oxygens (including phenoxy) is 1. The molecule has 0 unspecified atom stereocenters. The Hall–Kier alpha value is -2.89. The Balaban J connectivity index is 2.11. The van der Waals surface area contributed by atoms with E-state index in [-0.39, 0.29) is 0 Å². The van der Waals surface area contributed by atoms with Crippen molar-refractivity contribution in [1.29, 1.82) is 0 Å². The van der Waals surface area contributed by atoms with Crippen LogP contribution in [0.4, 0.5) is 5.95 Å². The summed E-state index contributed by atoms with van der Waals surface area (Å²) >= 11 is 0. The summed E-state index contributed by atoms with van der Waals surface area (Å²) < 4.78 is 6.94. The van der Waals surface area contributed by atoms with Gasteiger partial charge in [0.15, 0.2) is 5.82 Å². The van der Waals surface area contributed by atoms with Crippen LogP contribution in [0.5, 0.6) is 5.75 Å². The summed E-state index contributed by atoms with van der Waals surface area (Å²) in [6.07, 6.45) is 3.41. The van der Waals surface area contributed by atoms with Gasteiger partial charge in [0, 0.05) is 18.0 Å². The number of nitrogen functional groups attached to an aromatic ring is 1. The van der Waals surface area contributed by atoms with Gasteiger partial charge in [-0.3, -0.25) is 9.55 Å². The second-order valence-corrected chi connectivity index (χ2v) is 4.15. The first-order chi connectivity index (χ1) is 9.79. The van der Waals surface area contributed by atoms with Crippen LogP contribution in [0.3, 0.4) is 0 Å².